The summed E-state index contributed by atoms with van der Waals surface area (Å²) in [6.07, 6.45) is 1.44. The van der Waals surface area contributed by atoms with E-state index in [0.717, 1.165) is 0 Å². The number of carbonyl (C=O) groups excluding carboxylic acids is 1. The number of ether oxygens (including phenoxy) is 1. The highest BCUT2D eigenvalue weighted by molar-refractivity contribution is 5.95. The van der Waals surface area contributed by atoms with E-state index >= 15 is 0 Å². The molecule has 1 aromatic rings. The van der Waals surface area contributed by atoms with Crippen LogP contribution >= 0.6 is 0 Å². The van der Waals surface area contributed by atoms with Crippen LogP contribution in [0.2, 0.25) is 0 Å². The van der Waals surface area contributed by atoms with Gasteiger partial charge in [-0.25, -0.2) is 0 Å². The number of hydrogen-bond donors (Lipinski definition) is 1. The Balaban J connectivity index is 2.13. The molecule has 1 unspecified atom stereocenters. The third kappa shape index (κ3) is 1.44. The van der Waals surface area contributed by atoms with Crippen molar-refractivity contribution in [2.75, 3.05) is 25.2 Å². The number of fused-ring (bicyclic) bond motifs is 2. The fourth-order valence-corrected chi connectivity index (χ4v) is 2.26. The third-order valence-electron chi connectivity index (χ3n) is 3.22. The molecule has 6 nitrogen and oxygen atoms in total. The van der Waals surface area contributed by atoms with Crippen LogP contribution in [0.3, 0.4) is 0 Å². The van der Waals surface area contributed by atoms with Gasteiger partial charge in [0.2, 0.25) is 0 Å². The molecule has 0 spiro atoms. The topological polar surface area (TPSA) is 63.6 Å². The van der Waals surface area contributed by atoms with Crippen LogP contribution in [0.4, 0.5) is 0 Å². The minimum absolute atomic E-state index is 0.104. The van der Waals surface area contributed by atoms with Gasteiger partial charge in [-0.2, -0.15) is 0 Å². The van der Waals surface area contributed by atoms with Gasteiger partial charge in [0, 0.05) is 24.4 Å². The molecule has 1 atom stereocenters. The highest BCUT2D eigenvalue weighted by Gasteiger charge is 2.35. The fourth-order valence-electron chi connectivity index (χ4n) is 2.26. The molecule has 2 aliphatic heterocycles. The lowest BCUT2D eigenvalue weighted by molar-refractivity contribution is -0.00292. The van der Waals surface area contributed by atoms with Crippen molar-refractivity contribution < 1.29 is 9.53 Å². The molecule has 0 bridgehead atoms. The maximum atomic E-state index is 12.3. The van der Waals surface area contributed by atoms with Gasteiger partial charge in [0.15, 0.2) is 5.43 Å². The molecule has 3 heterocycles. The number of amides is 1. The number of carbonyl (C=O) groups is 1. The lowest BCUT2D eigenvalue weighted by Crippen LogP contribution is -2.59. The molecule has 1 fully saturated rings. The van der Waals surface area contributed by atoms with Crippen LogP contribution in [0.15, 0.2) is 17.1 Å². The van der Waals surface area contributed by atoms with E-state index in [1.165, 1.54) is 6.07 Å². The molecule has 0 aromatic carbocycles. The predicted molar refractivity (Wildman–Crippen MR) is 60.4 cm³/mol. The first-order valence-corrected chi connectivity index (χ1v) is 5.56. The molecule has 0 radical (unpaired) electrons. The summed E-state index contributed by atoms with van der Waals surface area (Å²) in [7, 11) is 0. The summed E-state index contributed by atoms with van der Waals surface area (Å²) >= 11 is 0. The van der Waals surface area contributed by atoms with Gasteiger partial charge < -0.3 is 15.1 Å². The van der Waals surface area contributed by atoms with Crippen molar-refractivity contribution >= 4 is 5.91 Å². The molecule has 0 aliphatic carbocycles. The monoisotopic (exact) mass is 235 g/mol. The molecule has 0 saturated carbocycles. The molecular formula is C11H13N3O3. The maximum absolute atomic E-state index is 12.3. The normalized spacial score (nSPS) is 22.8. The molecule has 6 heteroatoms. The summed E-state index contributed by atoms with van der Waals surface area (Å²) < 4.78 is 6.94. The first kappa shape index (κ1) is 10.3. The zero-order chi connectivity index (χ0) is 12.0. The highest BCUT2D eigenvalue weighted by atomic mass is 16.5. The second-order valence-corrected chi connectivity index (χ2v) is 4.24. The molecule has 2 aliphatic rings. The summed E-state index contributed by atoms with van der Waals surface area (Å²) in [6.45, 7) is 3.24. The fraction of sp³-hybridized carbons (Fsp3) is 0.455. The van der Waals surface area contributed by atoms with E-state index < -0.39 is 0 Å². The Hall–Kier alpha value is -1.82. The van der Waals surface area contributed by atoms with Gasteiger partial charge in [0.25, 0.3) is 5.91 Å². The van der Waals surface area contributed by atoms with E-state index in [2.05, 4.69) is 5.43 Å². The van der Waals surface area contributed by atoms with Crippen LogP contribution in [-0.2, 0) is 4.74 Å². The average molecular weight is 235 g/mol. The van der Waals surface area contributed by atoms with Crippen LogP contribution in [-0.4, -0.2) is 41.4 Å². The van der Waals surface area contributed by atoms with E-state index in [1.807, 2.05) is 0 Å². The van der Waals surface area contributed by atoms with E-state index in [0.29, 0.717) is 31.0 Å². The van der Waals surface area contributed by atoms with Crippen molar-refractivity contribution in [3.8, 4) is 0 Å². The van der Waals surface area contributed by atoms with Gasteiger partial charge in [0.05, 0.1) is 13.2 Å². The largest absolute Gasteiger partial charge is 0.375 e. The zero-order valence-electron chi connectivity index (χ0n) is 9.47. The Morgan fingerprint density at radius 3 is 3.12 bits per heavy atom. The molecule has 1 amide bonds. The summed E-state index contributed by atoms with van der Waals surface area (Å²) in [6, 6.07) is 1.46. The van der Waals surface area contributed by atoms with Gasteiger partial charge in [-0.1, -0.05) is 0 Å². The van der Waals surface area contributed by atoms with Crippen LogP contribution in [0, 0.1) is 6.92 Å². The van der Waals surface area contributed by atoms with Crippen LogP contribution in [0.5, 0.6) is 0 Å². The number of nitrogens with zero attached hydrogens (tertiary/aromatic N) is 2. The molecule has 17 heavy (non-hydrogen) atoms. The molecule has 1 aromatic heterocycles. The van der Waals surface area contributed by atoms with Gasteiger partial charge >= 0.3 is 0 Å². The van der Waals surface area contributed by atoms with E-state index in [-0.39, 0.29) is 17.5 Å². The Labute approximate surface area is 97.8 Å². The number of rotatable bonds is 0. The van der Waals surface area contributed by atoms with Crippen molar-refractivity contribution in [3.63, 3.8) is 0 Å². The smallest absolute Gasteiger partial charge is 0.274 e. The first-order valence-electron chi connectivity index (χ1n) is 5.56. The van der Waals surface area contributed by atoms with Crippen molar-refractivity contribution in [2.24, 2.45) is 0 Å². The van der Waals surface area contributed by atoms with E-state index in [4.69, 9.17) is 4.74 Å². The van der Waals surface area contributed by atoms with Crippen molar-refractivity contribution in [3.05, 3.63) is 33.7 Å². The van der Waals surface area contributed by atoms with E-state index in [9.17, 15) is 9.59 Å². The average Bonchev–Trinajstić information content (AvgIpc) is 2.34. The van der Waals surface area contributed by atoms with Gasteiger partial charge in [-0.3, -0.25) is 14.3 Å². The van der Waals surface area contributed by atoms with Gasteiger partial charge in [-0.15, -0.1) is 0 Å². The maximum Gasteiger partial charge on any atom is 0.274 e. The summed E-state index contributed by atoms with van der Waals surface area (Å²) in [5, 5.41) is 0. The molecule has 1 N–H and O–H groups in total. The minimum atomic E-state index is -0.148. The van der Waals surface area contributed by atoms with Crippen LogP contribution < -0.4 is 10.9 Å². The van der Waals surface area contributed by atoms with Crippen LogP contribution in [0.1, 0.15) is 16.1 Å². The number of pyridine rings is 1. The Morgan fingerprint density at radius 1 is 1.47 bits per heavy atom. The van der Waals surface area contributed by atoms with E-state index in [1.54, 1.807) is 22.7 Å². The van der Waals surface area contributed by atoms with Crippen molar-refractivity contribution in [2.45, 2.75) is 13.1 Å². The predicted octanol–water partition coefficient (Wildman–Crippen LogP) is -0.488. The Morgan fingerprint density at radius 2 is 2.29 bits per heavy atom. The molecular weight excluding hydrogens is 222 g/mol. The SMILES string of the molecule is Cc1c2n(ccc1=O)NC1COCCN1C2=O. The second-order valence-electron chi connectivity index (χ2n) is 4.24. The Kier molecular flexibility index (Phi) is 2.19. The number of nitrogens with one attached hydrogen (secondary N) is 1. The van der Waals surface area contributed by atoms with Gasteiger partial charge in [-0.05, 0) is 6.92 Å². The summed E-state index contributed by atoms with van der Waals surface area (Å²) in [4.78, 5) is 25.6. The molecule has 90 valence electrons. The Bertz CT molecular complexity index is 537. The first-order chi connectivity index (χ1) is 8.18. The lowest BCUT2D eigenvalue weighted by Gasteiger charge is -2.41. The quantitative estimate of drug-likeness (QED) is 0.659. The zero-order valence-corrected chi connectivity index (χ0v) is 9.47. The number of morpholine rings is 1. The highest BCUT2D eigenvalue weighted by Crippen LogP contribution is 2.17. The second kappa shape index (κ2) is 3.59. The lowest BCUT2D eigenvalue weighted by atomic mass is 10.1. The molecule has 1 saturated heterocycles. The standard InChI is InChI=1S/C11H13N3O3/c1-7-8(15)2-3-14-10(7)11(16)13-4-5-17-6-9(13)12-14/h2-3,9,12H,4-6H2,1H3. The summed E-state index contributed by atoms with van der Waals surface area (Å²) in [5.74, 6) is -0.104. The van der Waals surface area contributed by atoms with Crippen LogP contribution in [0.25, 0.3) is 0 Å². The third-order valence-corrected chi connectivity index (χ3v) is 3.22. The van der Waals surface area contributed by atoms with Crippen molar-refractivity contribution in [1.82, 2.24) is 9.58 Å². The number of hydrogen-bond acceptors (Lipinski definition) is 4. The molecule has 3 rings (SSSR count). The number of aromatic nitrogens is 1. The minimum Gasteiger partial charge on any atom is -0.375 e. The summed E-state index contributed by atoms with van der Waals surface area (Å²) in [5.41, 5.74) is 3.95. The van der Waals surface area contributed by atoms with Gasteiger partial charge in [0.1, 0.15) is 11.9 Å². The van der Waals surface area contributed by atoms with Crippen molar-refractivity contribution in [1.29, 1.82) is 0 Å².